The molecule has 1 unspecified atom stereocenters. The fraction of sp³-hybridized carbons (Fsp3) is 0.357. The van der Waals surface area contributed by atoms with Crippen LogP contribution in [0.25, 0.3) is 0 Å². The molecule has 1 heterocycles. The van der Waals surface area contributed by atoms with E-state index in [4.69, 9.17) is 0 Å². The number of benzene rings is 1. The molecule has 0 bridgehead atoms. The van der Waals surface area contributed by atoms with Gasteiger partial charge in [-0.15, -0.1) is 11.3 Å². The molecule has 1 atom stereocenters. The molecule has 96 valence electrons. The third kappa shape index (κ3) is 2.76. The Kier molecular flexibility index (Phi) is 3.78. The second-order valence-electron chi connectivity index (χ2n) is 4.47. The van der Waals surface area contributed by atoms with Crippen molar-refractivity contribution < 1.29 is 9.50 Å². The Hall–Kier alpha value is -1.26. The number of thiazole rings is 1. The lowest BCUT2D eigenvalue weighted by atomic mass is 10.0. The molecule has 1 aromatic heterocycles. The molecule has 0 saturated heterocycles. The van der Waals surface area contributed by atoms with E-state index in [1.165, 1.54) is 23.5 Å². The van der Waals surface area contributed by atoms with E-state index in [1.807, 2.05) is 20.8 Å². The van der Waals surface area contributed by atoms with Crippen molar-refractivity contribution in [1.29, 1.82) is 0 Å². The Morgan fingerprint density at radius 3 is 2.67 bits per heavy atom. The molecule has 2 aromatic rings. The zero-order chi connectivity index (χ0) is 13.3. The third-order valence-electron chi connectivity index (χ3n) is 2.97. The monoisotopic (exact) mass is 265 g/mol. The van der Waals surface area contributed by atoms with Gasteiger partial charge < -0.3 is 5.11 Å². The number of hydrogen-bond acceptors (Lipinski definition) is 3. The molecule has 0 aliphatic carbocycles. The molecule has 0 fully saturated rings. The van der Waals surface area contributed by atoms with E-state index in [9.17, 15) is 9.50 Å². The summed E-state index contributed by atoms with van der Waals surface area (Å²) in [6.07, 6.45) is -0.191. The summed E-state index contributed by atoms with van der Waals surface area (Å²) in [5, 5.41) is 11.2. The maximum absolute atomic E-state index is 13.2. The van der Waals surface area contributed by atoms with E-state index >= 15 is 0 Å². The number of rotatable bonds is 3. The van der Waals surface area contributed by atoms with Crippen LogP contribution in [0.15, 0.2) is 18.2 Å². The smallest absolute Gasteiger partial charge is 0.123 e. The molecule has 0 aliphatic heterocycles. The highest BCUT2D eigenvalue weighted by atomic mass is 32.1. The van der Waals surface area contributed by atoms with Crippen molar-refractivity contribution in [3.8, 4) is 0 Å². The second kappa shape index (κ2) is 5.16. The minimum atomic E-state index is -0.614. The predicted molar refractivity (Wildman–Crippen MR) is 71.4 cm³/mol. The molecule has 0 radical (unpaired) electrons. The number of aliphatic hydroxyl groups excluding tert-OH is 1. The lowest BCUT2D eigenvalue weighted by molar-refractivity contribution is 0.181. The summed E-state index contributed by atoms with van der Waals surface area (Å²) in [5.41, 5.74) is 2.70. The van der Waals surface area contributed by atoms with Crippen molar-refractivity contribution in [2.45, 2.75) is 33.3 Å². The molecule has 0 aliphatic rings. The van der Waals surface area contributed by atoms with Crippen LogP contribution in [0.3, 0.4) is 0 Å². The number of hydrogen-bond donors (Lipinski definition) is 1. The van der Waals surface area contributed by atoms with E-state index in [1.54, 1.807) is 6.07 Å². The van der Waals surface area contributed by atoms with Gasteiger partial charge in [-0.25, -0.2) is 9.37 Å². The number of aromatic nitrogens is 1. The first kappa shape index (κ1) is 13.2. The summed E-state index contributed by atoms with van der Waals surface area (Å²) in [7, 11) is 0. The largest absolute Gasteiger partial charge is 0.387 e. The third-order valence-corrected chi connectivity index (χ3v) is 4.14. The zero-order valence-electron chi connectivity index (χ0n) is 10.7. The van der Waals surface area contributed by atoms with Crippen molar-refractivity contribution in [3.05, 3.63) is 50.7 Å². The van der Waals surface area contributed by atoms with Crippen LogP contribution in [0, 0.1) is 26.6 Å². The molecule has 1 N–H and O–H groups in total. The SMILES string of the molecule is Cc1nc(C)c(C(O)Cc2cc(F)ccc2C)s1. The lowest BCUT2D eigenvalue weighted by Gasteiger charge is -2.11. The van der Waals surface area contributed by atoms with Crippen molar-refractivity contribution in [2.75, 3.05) is 0 Å². The van der Waals surface area contributed by atoms with E-state index in [0.29, 0.717) is 6.42 Å². The fourth-order valence-electron chi connectivity index (χ4n) is 2.02. The maximum Gasteiger partial charge on any atom is 0.123 e. The summed E-state index contributed by atoms with van der Waals surface area (Å²) in [4.78, 5) is 5.17. The van der Waals surface area contributed by atoms with Gasteiger partial charge in [-0.1, -0.05) is 6.07 Å². The van der Waals surface area contributed by atoms with Gasteiger partial charge in [0.05, 0.1) is 21.7 Å². The lowest BCUT2D eigenvalue weighted by Crippen LogP contribution is -2.03. The van der Waals surface area contributed by atoms with Gasteiger partial charge in [-0.05, 0) is 44.0 Å². The zero-order valence-corrected chi connectivity index (χ0v) is 11.5. The molecule has 0 spiro atoms. The van der Waals surface area contributed by atoms with Gasteiger partial charge in [0, 0.05) is 6.42 Å². The van der Waals surface area contributed by atoms with Crippen molar-refractivity contribution in [1.82, 2.24) is 4.98 Å². The van der Waals surface area contributed by atoms with Crippen LogP contribution in [0.5, 0.6) is 0 Å². The summed E-state index contributed by atoms with van der Waals surface area (Å²) in [6, 6.07) is 4.66. The Morgan fingerprint density at radius 2 is 2.06 bits per heavy atom. The first-order valence-corrected chi connectivity index (χ1v) is 6.66. The van der Waals surface area contributed by atoms with Crippen LogP contribution in [-0.4, -0.2) is 10.1 Å². The Balaban J connectivity index is 2.23. The highest BCUT2D eigenvalue weighted by molar-refractivity contribution is 7.11. The predicted octanol–water partition coefficient (Wildman–Crippen LogP) is 3.48. The summed E-state index contributed by atoms with van der Waals surface area (Å²) in [6.45, 7) is 5.73. The van der Waals surface area contributed by atoms with Gasteiger partial charge in [0.25, 0.3) is 0 Å². The van der Waals surface area contributed by atoms with E-state index in [0.717, 1.165) is 26.7 Å². The molecule has 2 rings (SSSR count). The molecule has 0 amide bonds. The van der Waals surface area contributed by atoms with Gasteiger partial charge in [-0.2, -0.15) is 0 Å². The standard InChI is InChI=1S/C14H16FNOS/c1-8-4-5-12(15)6-11(8)7-13(17)14-9(2)16-10(3)18-14/h4-6,13,17H,7H2,1-3H3. The average molecular weight is 265 g/mol. The van der Waals surface area contributed by atoms with Crippen LogP contribution in [0.2, 0.25) is 0 Å². The molecule has 18 heavy (non-hydrogen) atoms. The summed E-state index contributed by atoms with van der Waals surface area (Å²) < 4.78 is 13.2. The minimum Gasteiger partial charge on any atom is -0.387 e. The Labute approximate surface area is 110 Å². The topological polar surface area (TPSA) is 33.1 Å². The number of aryl methyl sites for hydroxylation is 3. The molecular weight excluding hydrogens is 249 g/mol. The minimum absolute atomic E-state index is 0.264. The second-order valence-corrected chi connectivity index (χ2v) is 5.71. The Morgan fingerprint density at radius 1 is 1.33 bits per heavy atom. The van der Waals surface area contributed by atoms with Crippen LogP contribution in [0.4, 0.5) is 4.39 Å². The van der Waals surface area contributed by atoms with Crippen LogP contribution in [0.1, 0.15) is 32.8 Å². The van der Waals surface area contributed by atoms with Gasteiger partial charge >= 0.3 is 0 Å². The molecule has 2 nitrogen and oxygen atoms in total. The van der Waals surface area contributed by atoms with Crippen LogP contribution < -0.4 is 0 Å². The number of halogens is 1. The highest BCUT2D eigenvalue weighted by Crippen LogP contribution is 2.28. The molecular formula is C14H16FNOS. The van der Waals surface area contributed by atoms with E-state index < -0.39 is 6.10 Å². The van der Waals surface area contributed by atoms with Gasteiger partial charge in [-0.3, -0.25) is 0 Å². The number of aliphatic hydroxyl groups is 1. The molecule has 4 heteroatoms. The van der Waals surface area contributed by atoms with Crippen molar-refractivity contribution in [3.63, 3.8) is 0 Å². The van der Waals surface area contributed by atoms with Crippen LogP contribution >= 0.6 is 11.3 Å². The first-order chi connectivity index (χ1) is 8.47. The van der Waals surface area contributed by atoms with Gasteiger partial charge in [0.2, 0.25) is 0 Å². The van der Waals surface area contributed by atoms with E-state index in [2.05, 4.69) is 4.98 Å². The highest BCUT2D eigenvalue weighted by Gasteiger charge is 2.16. The van der Waals surface area contributed by atoms with E-state index in [-0.39, 0.29) is 5.82 Å². The Bertz CT molecular complexity index is 565. The molecule has 1 aromatic carbocycles. The molecule has 0 saturated carbocycles. The number of nitrogens with zero attached hydrogens (tertiary/aromatic N) is 1. The average Bonchev–Trinajstić information content (AvgIpc) is 2.63. The van der Waals surface area contributed by atoms with Gasteiger partial charge in [0.15, 0.2) is 0 Å². The fourth-order valence-corrected chi connectivity index (χ4v) is 2.93. The summed E-state index contributed by atoms with van der Waals surface area (Å²) >= 11 is 1.50. The van der Waals surface area contributed by atoms with Crippen molar-refractivity contribution >= 4 is 11.3 Å². The maximum atomic E-state index is 13.2. The van der Waals surface area contributed by atoms with Gasteiger partial charge in [0.1, 0.15) is 5.82 Å². The summed E-state index contributed by atoms with van der Waals surface area (Å²) in [5.74, 6) is -0.264. The quantitative estimate of drug-likeness (QED) is 0.921. The first-order valence-electron chi connectivity index (χ1n) is 5.84. The van der Waals surface area contributed by atoms with Crippen molar-refractivity contribution in [2.24, 2.45) is 0 Å². The van der Waals surface area contributed by atoms with Crippen LogP contribution in [-0.2, 0) is 6.42 Å². The normalized spacial score (nSPS) is 12.7.